The van der Waals surface area contributed by atoms with E-state index >= 15 is 0 Å². The molecule has 1 fully saturated rings. The molecular formula is C14H23N3O2. The third-order valence-corrected chi connectivity index (χ3v) is 3.29. The van der Waals surface area contributed by atoms with Gasteiger partial charge in [0, 0.05) is 13.1 Å². The van der Waals surface area contributed by atoms with Crippen LogP contribution in [-0.2, 0) is 4.74 Å². The molecule has 1 aromatic rings. The van der Waals surface area contributed by atoms with Crippen LogP contribution in [0, 0.1) is 0 Å². The van der Waals surface area contributed by atoms with Crippen LogP contribution in [0.1, 0.15) is 20.3 Å². The van der Waals surface area contributed by atoms with Crippen molar-refractivity contribution in [2.75, 3.05) is 36.5 Å². The van der Waals surface area contributed by atoms with E-state index in [9.17, 15) is 5.11 Å². The van der Waals surface area contributed by atoms with E-state index in [0.717, 1.165) is 24.6 Å². The standard InChI is InChI=1S/C14H23N3O2/c1-3-7-15-13-5-4-6-14(16-13)17-8-12(9-18)19-10-11(17)2/h4-6,11-12,18H,3,7-10H2,1-2H3,(H,15,16). The summed E-state index contributed by atoms with van der Waals surface area (Å²) in [5, 5.41) is 12.5. The SMILES string of the molecule is CCCNc1cccc(N2CC(CO)OCC2C)n1. The lowest BCUT2D eigenvalue weighted by Crippen LogP contribution is -2.50. The summed E-state index contributed by atoms with van der Waals surface area (Å²) in [6, 6.07) is 6.27. The Balaban J connectivity index is 2.10. The minimum atomic E-state index is -0.120. The predicted molar refractivity (Wildman–Crippen MR) is 76.7 cm³/mol. The Kier molecular flexibility index (Phi) is 4.99. The lowest BCUT2D eigenvalue weighted by atomic mass is 10.2. The van der Waals surface area contributed by atoms with Crippen LogP contribution in [0.15, 0.2) is 18.2 Å². The zero-order valence-electron chi connectivity index (χ0n) is 11.7. The zero-order valence-corrected chi connectivity index (χ0v) is 11.7. The molecule has 0 bridgehead atoms. The third kappa shape index (κ3) is 3.58. The topological polar surface area (TPSA) is 57.6 Å². The second kappa shape index (κ2) is 6.73. The highest BCUT2D eigenvalue weighted by atomic mass is 16.5. The number of nitrogens with zero attached hydrogens (tertiary/aromatic N) is 2. The Morgan fingerprint density at radius 2 is 2.37 bits per heavy atom. The number of aliphatic hydroxyl groups is 1. The maximum atomic E-state index is 9.23. The van der Waals surface area contributed by atoms with Crippen molar-refractivity contribution in [2.45, 2.75) is 32.4 Å². The molecule has 2 N–H and O–H groups in total. The highest BCUT2D eigenvalue weighted by molar-refractivity contribution is 5.48. The first-order valence-corrected chi connectivity index (χ1v) is 6.94. The van der Waals surface area contributed by atoms with Gasteiger partial charge in [-0.2, -0.15) is 0 Å². The number of ether oxygens (including phenoxy) is 1. The molecule has 0 aromatic carbocycles. The molecule has 2 unspecified atom stereocenters. The van der Waals surface area contributed by atoms with Gasteiger partial charge < -0.3 is 20.1 Å². The fourth-order valence-corrected chi connectivity index (χ4v) is 2.18. The fraction of sp³-hybridized carbons (Fsp3) is 0.643. The van der Waals surface area contributed by atoms with Crippen LogP contribution >= 0.6 is 0 Å². The van der Waals surface area contributed by atoms with Crippen molar-refractivity contribution < 1.29 is 9.84 Å². The lowest BCUT2D eigenvalue weighted by molar-refractivity contribution is -0.0105. The first-order valence-electron chi connectivity index (χ1n) is 6.94. The van der Waals surface area contributed by atoms with E-state index in [2.05, 4.69) is 29.0 Å². The Hall–Kier alpha value is -1.33. The molecule has 2 atom stereocenters. The molecule has 0 radical (unpaired) electrons. The number of morpholine rings is 1. The van der Waals surface area contributed by atoms with Crippen molar-refractivity contribution in [1.29, 1.82) is 0 Å². The van der Waals surface area contributed by atoms with E-state index < -0.39 is 0 Å². The normalized spacial score (nSPS) is 23.4. The van der Waals surface area contributed by atoms with Gasteiger partial charge in [-0.25, -0.2) is 4.98 Å². The molecule has 1 aliphatic rings. The summed E-state index contributed by atoms with van der Waals surface area (Å²) in [5.74, 6) is 1.84. The number of aromatic nitrogens is 1. The van der Waals surface area contributed by atoms with Gasteiger partial charge in [-0.15, -0.1) is 0 Å². The number of nitrogens with one attached hydrogen (secondary N) is 1. The Morgan fingerprint density at radius 3 is 3.11 bits per heavy atom. The maximum absolute atomic E-state index is 9.23. The van der Waals surface area contributed by atoms with Gasteiger partial charge in [-0.3, -0.25) is 0 Å². The van der Waals surface area contributed by atoms with Crippen LogP contribution in [0.3, 0.4) is 0 Å². The molecule has 2 heterocycles. The third-order valence-electron chi connectivity index (χ3n) is 3.29. The molecule has 0 saturated carbocycles. The molecule has 0 amide bonds. The van der Waals surface area contributed by atoms with Gasteiger partial charge in [0.2, 0.25) is 0 Å². The summed E-state index contributed by atoms with van der Waals surface area (Å²) >= 11 is 0. The smallest absolute Gasteiger partial charge is 0.131 e. The summed E-state index contributed by atoms with van der Waals surface area (Å²) in [7, 11) is 0. The van der Waals surface area contributed by atoms with E-state index in [4.69, 9.17) is 4.74 Å². The average molecular weight is 265 g/mol. The van der Waals surface area contributed by atoms with Crippen LogP contribution in [-0.4, -0.2) is 48.5 Å². The Bertz CT molecular complexity index is 400. The largest absolute Gasteiger partial charge is 0.394 e. The van der Waals surface area contributed by atoms with Crippen molar-refractivity contribution in [2.24, 2.45) is 0 Å². The maximum Gasteiger partial charge on any atom is 0.131 e. The lowest BCUT2D eigenvalue weighted by Gasteiger charge is -2.38. The summed E-state index contributed by atoms with van der Waals surface area (Å²) in [4.78, 5) is 6.83. The Labute approximate surface area is 114 Å². The molecule has 5 nitrogen and oxygen atoms in total. The first kappa shape index (κ1) is 14.1. The summed E-state index contributed by atoms with van der Waals surface area (Å²) in [5.41, 5.74) is 0. The molecule has 1 saturated heterocycles. The summed E-state index contributed by atoms with van der Waals surface area (Å²) in [6.45, 7) is 6.53. The van der Waals surface area contributed by atoms with E-state index in [1.165, 1.54) is 0 Å². The van der Waals surface area contributed by atoms with Gasteiger partial charge in [0.1, 0.15) is 11.6 Å². The van der Waals surface area contributed by atoms with E-state index in [0.29, 0.717) is 13.2 Å². The van der Waals surface area contributed by atoms with Crippen LogP contribution in [0.4, 0.5) is 11.6 Å². The van der Waals surface area contributed by atoms with E-state index in [1.54, 1.807) is 0 Å². The highest BCUT2D eigenvalue weighted by Gasteiger charge is 2.26. The molecule has 1 aliphatic heterocycles. The zero-order chi connectivity index (χ0) is 13.7. The van der Waals surface area contributed by atoms with E-state index in [-0.39, 0.29) is 18.8 Å². The van der Waals surface area contributed by atoms with Gasteiger partial charge in [0.15, 0.2) is 0 Å². The van der Waals surface area contributed by atoms with Crippen LogP contribution in [0.5, 0.6) is 0 Å². The number of pyridine rings is 1. The Morgan fingerprint density at radius 1 is 1.53 bits per heavy atom. The molecule has 1 aromatic heterocycles. The number of hydrogen-bond donors (Lipinski definition) is 2. The summed E-state index contributed by atoms with van der Waals surface area (Å²) < 4.78 is 5.55. The second-order valence-corrected chi connectivity index (χ2v) is 4.95. The van der Waals surface area contributed by atoms with Gasteiger partial charge in [0.05, 0.1) is 25.4 Å². The predicted octanol–water partition coefficient (Wildman–Crippen LogP) is 1.49. The number of aliphatic hydroxyl groups excluding tert-OH is 1. The molecule has 0 spiro atoms. The molecule has 5 heteroatoms. The van der Waals surface area contributed by atoms with Crippen molar-refractivity contribution in [3.05, 3.63) is 18.2 Å². The number of hydrogen-bond acceptors (Lipinski definition) is 5. The van der Waals surface area contributed by atoms with Crippen molar-refractivity contribution in [3.8, 4) is 0 Å². The molecular weight excluding hydrogens is 242 g/mol. The highest BCUT2D eigenvalue weighted by Crippen LogP contribution is 2.21. The van der Waals surface area contributed by atoms with Gasteiger partial charge in [-0.05, 0) is 25.5 Å². The van der Waals surface area contributed by atoms with Crippen molar-refractivity contribution >= 4 is 11.6 Å². The average Bonchev–Trinajstić information content (AvgIpc) is 2.46. The number of anilines is 2. The van der Waals surface area contributed by atoms with Crippen LogP contribution in [0.2, 0.25) is 0 Å². The van der Waals surface area contributed by atoms with Gasteiger partial charge >= 0.3 is 0 Å². The first-order chi connectivity index (χ1) is 9.24. The summed E-state index contributed by atoms with van der Waals surface area (Å²) in [6.07, 6.45) is 0.956. The molecule has 2 rings (SSSR count). The fourth-order valence-electron chi connectivity index (χ4n) is 2.18. The second-order valence-electron chi connectivity index (χ2n) is 4.95. The minimum absolute atomic E-state index is 0.0526. The van der Waals surface area contributed by atoms with Gasteiger partial charge in [0.25, 0.3) is 0 Å². The monoisotopic (exact) mass is 265 g/mol. The van der Waals surface area contributed by atoms with Crippen molar-refractivity contribution in [1.82, 2.24) is 4.98 Å². The van der Waals surface area contributed by atoms with Crippen LogP contribution in [0.25, 0.3) is 0 Å². The molecule has 0 aliphatic carbocycles. The molecule has 106 valence electrons. The number of rotatable bonds is 5. The van der Waals surface area contributed by atoms with Crippen molar-refractivity contribution in [3.63, 3.8) is 0 Å². The van der Waals surface area contributed by atoms with Gasteiger partial charge in [-0.1, -0.05) is 13.0 Å². The minimum Gasteiger partial charge on any atom is -0.394 e. The van der Waals surface area contributed by atoms with Crippen LogP contribution < -0.4 is 10.2 Å². The quantitative estimate of drug-likeness (QED) is 0.844. The van der Waals surface area contributed by atoms with E-state index in [1.807, 2.05) is 18.2 Å². The molecule has 19 heavy (non-hydrogen) atoms.